The number of allylic oxidation sites excluding steroid dienone is 4. The van der Waals surface area contributed by atoms with Crippen LogP contribution < -0.4 is 0 Å². The predicted octanol–water partition coefficient (Wildman–Crippen LogP) is 0.427. The molecular weight excluding hydrogens is 352 g/mol. The number of ketones is 1. The number of rotatable bonds is 4. The number of Topliss-reactive ketones (excluding diaryl/α,β-unsaturated/α-hetero) is 1. The zero-order chi connectivity index (χ0) is 19.8. The number of phenolic OH excluding ortho intramolecular Hbond substituents is 1. The maximum atomic E-state index is 12.1. The highest BCUT2D eigenvalue weighted by Gasteiger charge is 2.51. The van der Waals surface area contributed by atoms with Gasteiger partial charge in [-0.05, 0) is 18.9 Å². The molecule has 0 saturated carbocycles. The van der Waals surface area contributed by atoms with Crippen molar-refractivity contribution in [2.24, 2.45) is 0 Å². The summed E-state index contributed by atoms with van der Waals surface area (Å²) in [5, 5.41) is 51.0. The molecule has 27 heavy (non-hydrogen) atoms. The van der Waals surface area contributed by atoms with Gasteiger partial charge < -0.3 is 30.3 Å². The number of aromatic hydroxyl groups is 1. The fraction of sp³-hybridized carbons (Fsp3) is 0.450. The van der Waals surface area contributed by atoms with Crippen molar-refractivity contribution in [2.75, 3.05) is 0 Å². The monoisotopic (exact) mass is 376 g/mol. The Kier molecular flexibility index (Phi) is 5.50. The number of carbonyl (C=O) groups excluding carboxylic acids is 1. The topological polar surface area (TPSA) is 127 Å². The van der Waals surface area contributed by atoms with Crippen molar-refractivity contribution in [1.29, 1.82) is 0 Å². The van der Waals surface area contributed by atoms with Gasteiger partial charge in [0.15, 0.2) is 11.6 Å². The predicted molar refractivity (Wildman–Crippen MR) is 96.7 cm³/mol. The van der Waals surface area contributed by atoms with Crippen LogP contribution in [0, 0.1) is 0 Å². The molecule has 0 unspecified atom stereocenters. The largest absolute Gasteiger partial charge is 0.507 e. The first kappa shape index (κ1) is 19.7. The Balaban J connectivity index is 1.81. The third-order valence-electron chi connectivity index (χ3n) is 5.17. The lowest BCUT2D eigenvalue weighted by atomic mass is 9.88. The number of aliphatic hydroxyl groups is 4. The van der Waals surface area contributed by atoms with E-state index in [1.165, 1.54) is 6.92 Å². The van der Waals surface area contributed by atoms with Gasteiger partial charge in [0.05, 0.1) is 6.10 Å². The van der Waals surface area contributed by atoms with Gasteiger partial charge in [-0.1, -0.05) is 36.4 Å². The minimum atomic E-state index is -2.07. The number of ether oxygens (including phenoxy) is 1. The highest BCUT2D eigenvalue weighted by Crippen LogP contribution is 2.35. The second kappa shape index (κ2) is 7.53. The van der Waals surface area contributed by atoms with E-state index in [2.05, 4.69) is 0 Å². The molecule has 1 saturated heterocycles. The van der Waals surface area contributed by atoms with Gasteiger partial charge >= 0.3 is 0 Å². The van der Waals surface area contributed by atoms with Gasteiger partial charge in [0.1, 0.15) is 24.1 Å². The maximum Gasteiger partial charge on any atom is 0.195 e. The Morgan fingerprint density at radius 3 is 2.67 bits per heavy atom. The minimum Gasteiger partial charge on any atom is -0.507 e. The number of phenols is 1. The summed E-state index contributed by atoms with van der Waals surface area (Å²) in [7, 11) is 0. The number of aryl methyl sites for hydroxylation is 1. The van der Waals surface area contributed by atoms with E-state index in [4.69, 9.17) is 4.74 Å². The smallest absolute Gasteiger partial charge is 0.195 e. The molecule has 0 spiro atoms. The fourth-order valence-corrected chi connectivity index (χ4v) is 3.51. The van der Waals surface area contributed by atoms with Gasteiger partial charge in [0, 0.05) is 24.0 Å². The number of benzene rings is 1. The van der Waals surface area contributed by atoms with E-state index in [1.807, 2.05) is 0 Å². The van der Waals surface area contributed by atoms with Crippen LogP contribution in [0.15, 0.2) is 36.4 Å². The van der Waals surface area contributed by atoms with Crippen LogP contribution in [-0.4, -0.2) is 61.5 Å². The van der Waals surface area contributed by atoms with Crippen LogP contribution in [0.5, 0.6) is 5.75 Å². The third kappa shape index (κ3) is 3.69. The maximum absolute atomic E-state index is 12.1. The van der Waals surface area contributed by atoms with Crippen molar-refractivity contribution in [2.45, 2.75) is 56.4 Å². The average molecular weight is 376 g/mol. The molecule has 0 bridgehead atoms. The van der Waals surface area contributed by atoms with Crippen molar-refractivity contribution in [3.63, 3.8) is 0 Å². The quantitative estimate of drug-likeness (QED) is 0.515. The molecule has 0 radical (unpaired) electrons. The molecule has 5 N–H and O–H groups in total. The molecule has 1 aliphatic heterocycles. The van der Waals surface area contributed by atoms with E-state index in [0.717, 1.165) is 0 Å². The highest BCUT2D eigenvalue weighted by atomic mass is 16.7. The van der Waals surface area contributed by atoms with Crippen LogP contribution >= 0.6 is 0 Å². The fourth-order valence-electron chi connectivity index (χ4n) is 3.51. The standard InChI is InChI=1S/C20H24O7/c1-11-16(22)18(24)19(25)20(26,27-11)10-9-12-5-4-7-14(17(12)23)13-6-2-3-8-15(13)21/h2-7,11,16,18-19,22-26H,8-10H2,1H3/t11-,16+,18+,19-,20+/m0/s1. The van der Waals surface area contributed by atoms with Gasteiger partial charge in [0.25, 0.3) is 0 Å². The molecule has 1 fully saturated rings. The Morgan fingerprint density at radius 1 is 1.22 bits per heavy atom. The van der Waals surface area contributed by atoms with Crippen LogP contribution in [0.1, 0.15) is 30.9 Å². The van der Waals surface area contributed by atoms with E-state index in [9.17, 15) is 30.3 Å². The van der Waals surface area contributed by atoms with E-state index >= 15 is 0 Å². The Morgan fingerprint density at radius 2 is 1.96 bits per heavy atom. The van der Waals surface area contributed by atoms with Crippen LogP contribution in [-0.2, 0) is 16.0 Å². The molecule has 0 aromatic heterocycles. The molecular formula is C20H24O7. The van der Waals surface area contributed by atoms with Gasteiger partial charge in [-0.25, -0.2) is 0 Å². The van der Waals surface area contributed by atoms with Gasteiger partial charge in [0.2, 0.25) is 0 Å². The van der Waals surface area contributed by atoms with Crippen molar-refractivity contribution in [1.82, 2.24) is 0 Å². The molecule has 7 heteroatoms. The highest BCUT2D eigenvalue weighted by molar-refractivity contribution is 6.23. The number of para-hydroxylation sites is 1. The van der Waals surface area contributed by atoms with E-state index in [-0.39, 0.29) is 30.8 Å². The lowest BCUT2D eigenvalue weighted by Crippen LogP contribution is -2.63. The van der Waals surface area contributed by atoms with E-state index in [1.54, 1.807) is 36.4 Å². The SMILES string of the molecule is C[C@@H]1O[C@](O)(CCc2cccc(C3=CC=CCC3=O)c2O)[C@@H](O)[C@H](O)[C@@H]1O. The molecule has 5 atom stereocenters. The zero-order valence-electron chi connectivity index (χ0n) is 14.9. The molecule has 1 aromatic carbocycles. The lowest BCUT2D eigenvalue weighted by Gasteiger charge is -2.45. The summed E-state index contributed by atoms with van der Waals surface area (Å²) >= 11 is 0. The van der Waals surface area contributed by atoms with Crippen molar-refractivity contribution in [3.05, 3.63) is 47.6 Å². The molecule has 146 valence electrons. The molecule has 3 rings (SSSR count). The summed E-state index contributed by atoms with van der Waals surface area (Å²) in [4.78, 5) is 12.1. The Bertz CT molecular complexity index is 785. The minimum absolute atomic E-state index is 0.0741. The van der Waals surface area contributed by atoms with Crippen molar-refractivity contribution < 1.29 is 35.1 Å². The van der Waals surface area contributed by atoms with Gasteiger partial charge in [-0.3, -0.25) is 4.79 Å². The Hall–Kier alpha value is -2.03. The van der Waals surface area contributed by atoms with E-state index < -0.39 is 30.2 Å². The summed E-state index contributed by atoms with van der Waals surface area (Å²) in [6, 6.07) is 4.99. The van der Waals surface area contributed by atoms with Crippen LogP contribution in [0.25, 0.3) is 5.57 Å². The summed E-state index contributed by atoms with van der Waals surface area (Å²) in [5.41, 5.74) is 1.28. The number of hydrogen-bond acceptors (Lipinski definition) is 7. The first-order chi connectivity index (χ1) is 12.7. The first-order valence-corrected chi connectivity index (χ1v) is 8.90. The molecule has 1 heterocycles. The third-order valence-corrected chi connectivity index (χ3v) is 5.17. The van der Waals surface area contributed by atoms with Gasteiger partial charge in [-0.2, -0.15) is 0 Å². The van der Waals surface area contributed by atoms with E-state index in [0.29, 0.717) is 16.7 Å². The van der Waals surface area contributed by atoms with Crippen LogP contribution in [0.3, 0.4) is 0 Å². The molecule has 1 aliphatic carbocycles. The van der Waals surface area contributed by atoms with Crippen molar-refractivity contribution >= 4 is 11.4 Å². The van der Waals surface area contributed by atoms with Crippen molar-refractivity contribution in [3.8, 4) is 5.75 Å². The zero-order valence-corrected chi connectivity index (χ0v) is 14.9. The summed E-state index contributed by atoms with van der Waals surface area (Å²) in [6.07, 6.45) is -0.000934. The summed E-state index contributed by atoms with van der Waals surface area (Å²) in [5.74, 6) is -2.24. The molecule has 0 amide bonds. The van der Waals surface area contributed by atoms with Gasteiger partial charge in [-0.15, -0.1) is 0 Å². The normalized spacial score (nSPS) is 33.8. The number of hydrogen-bond donors (Lipinski definition) is 5. The van der Waals surface area contributed by atoms with Crippen LogP contribution in [0.2, 0.25) is 0 Å². The average Bonchev–Trinajstić information content (AvgIpc) is 2.65. The second-order valence-electron chi connectivity index (χ2n) is 7.04. The second-order valence-corrected chi connectivity index (χ2v) is 7.04. The summed E-state index contributed by atoms with van der Waals surface area (Å²) in [6.45, 7) is 1.48. The molecule has 7 nitrogen and oxygen atoms in total. The Labute approximate surface area is 156 Å². The molecule has 2 aliphatic rings. The lowest BCUT2D eigenvalue weighted by molar-refractivity contribution is -0.344. The summed E-state index contributed by atoms with van der Waals surface area (Å²) < 4.78 is 5.33. The first-order valence-electron chi connectivity index (χ1n) is 8.90. The van der Waals surface area contributed by atoms with Crippen LogP contribution in [0.4, 0.5) is 0 Å². The number of carbonyl (C=O) groups is 1. The number of aliphatic hydroxyl groups excluding tert-OH is 3. The molecule has 1 aromatic rings.